The summed E-state index contributed by atoms with van der Waals surface area (Å²) in [6, 6.07) is 0. The zero-order valence-corrected chi connectivity index (χ0v) is 15.1. The van der Waals surface area contributed by atoms with Gasteiger partial charge in [0, 0.05) is 6.42 Å². The summed E-state index contributed by atoms with van der Waals surface area (Å²) in [5.74, 6) is 0.884. The first-order valence-corrected chi connectivity index (χ1v) is 9.60. The van der Waals surface area contributed by atoms with Crippen LogP contribution in [0.2, 0.25) is 0 Å². The van der Waals surface area contributed by atoms with E-state index in [1.165, 1.54) is 57.8 Å². The van der Waals surface area contributed by atoms with Crippen molar-refractivity contribution in [3.63, 3.8) is 0 Å². The molecule has 0 radical (unpaired) electrons. The van der Waals surface area contributed by atoms with E-state index < -0.39 is 0 Å². The van der Waals surface area contributed by atoms with Gasteiger partial charge in [0.2, 0.25) is 0 Å². The summed E-state index contributed by atoms with van der Waals surface area (Å²) in [5, 5.41) is 0. The molecule has 0 saturated heterocycles. The molecule has 0 saturated carbocycles. The molecule has 0 aliphatic carbocycles. The highest BCUT2D eigenvalue weighted by atomic mass is 16.5. The summed E-state index contributed by atoms with van der Waals surface area (Å²) in [4.78, 5) is 11.4. The van der Waals surface area contributed by atoms with Crippen LogP contribution >= 0.6 is 0 Å². The zero-order valence-electron chi connectivity index (χ0n) is 15.1. The lowest BCUT2D eigenvalue weighted by atomic mass is 9.95. The fourth-order valence-corrected chi connectivity index (χ4v) is 2.79. The van der Waals surface area contributed by atoms with E-state index in [2.05, 4.69) is 13.8 Å². The summed E-state index contributed by atoms with van der Waals surface area (Å²) < 4.78 is 5.20. The summed E-state index contributed by atoms with van der Waals surface area (Å²) in [5.41, 5.74) is 5.39. The number of nitrogens with two attached hydrogens (primary N) is 1. The zero-order chi connectivity index (χ0) is 16.5. The Morgan fingerprint density at radius 1 is 0.864 bits per heavy atom. The topological polar surface area (TPSA) is 52.3 Å². The first kappa shape index (κ1) is 21.4. The Morgan fingerprint density at radius 2 is 1.45 bits per heavy atom. The molecule has 0 aromatic rings. The molecule has 0 aromatic carbocycles. The fraction of sp³-hybridized carbons (Fsp3) is 0.947. The van der Waals surface area contributed by atoms with E-state index in [-0.39, 0.29) is 5.97 Å². The van der Waals surface area contributed by atoms with Crippen LogP contribution in [-0.2, 0) is 9.53 Å². The first-order valence-electron chi connectivity index (χ1n) is 9.60. The largest absolute Gasteiger partial charge is 0.466 e. The summed E-state index contributed by atoms with van der Waals surface area (Å²) >= 11 is 0. The van der Waals surface area contributed by atoms with Crippen molar-refractivity contribution in [1.29, 1.82) is 0 Å². The maximum absolute atomic E-state index is 11.4. The van der Waals surface area contributed by atoms with Crippen LogP contribution in [0.3, 0.4) is 0 Å². The van der Waals surface area contributed by atoms with E-state index in [4.69, 9.17) is 10.5 Å². The molecule has 22 heavy (non-hydrogen) atoms. The smallest absolute Gasteiger partial charge is 0.305 e. The third-order valence-corrected chi connectivity index (χ3v) is 4.51. The van der Waals surface area contributed by atoms with Gasteiger partial charge in [0.05, 0.1) is 6.61 Å². The molecule has 0 aliphatic heterocycles. The van der Waals surface area contributed by atoms with E-state index in [1.807, 2.05) is 0 Å². The van der Waals surface area contributed by atoms with Crippen LogP contribution < -0.4 is 5.73 Å². The van der Waals surface area contributed by atoms with E-state index >= 15 is 0 Å². The number of rotatable bonds is 16. The summed E-state index contributed by atoms with van der Waals surface area (Å²) in [6.45, 7) is 5.86. The molecule has 0 unspecified atom stereocenters. The second-order valence-corrected chi connectivity index (χ2v) is 6.41. The van der Waals surface area contributed by atoms with Crippen molar-refractivity contribution in [2.45, 2.75) is 97.3 Å². The quantitative estimate of drug-likeness (QED) is 0.314. The van der Waals surface area contributed by atoms with Gasteiger partial charge in [0.1, 0.15) is 0 Å². The molecule has 0 heterocycles. The molecule has 132 valence electrons. The molecule has 0 spiro atoms. The van der Waals surface area contributed by atoms with Gasteiger partial charge < -0.3 is 10.5 Å². The van der Waals surface area contributed by atoms with Gasteiger partial charge in [-0.15, -0.1) is 0 Å². The van der Waals surface area contributed by atoms with Crippen molar-refractivity contribution < 1.29 is 9.53 Å². The van der Waals surface area contributed by atoms with E-state index in [0.717, 1.165) is 25.2 Å². The SMILES string of the molecule is CCC(CC)CCCCCCCCCOC(=O)CCCCN. The third-order valence-electron chi connectivity index (χ3n) is 4.51. The Hall–Kier alpha value is -0.570. The van der Waals surface area contributed by atoms with Crippen molar-refractivity contribution in [3.05, 3.63) is 0 Å². The normalized spacial score (nSPS) is 11.1. The van der Waals surface area contributed by atoms with E-state index in [0.29, 0.717) is 19.6 Å². The Labute approximate surface area is 138 Å². The molecule has 0 fully saturated rings. The monoisotopic (exact) mass is 313 g/mol. The second kappa shape index (κ2) is 16.8. The Bertz CT molecular complexity index is 240. The molecular formula is C19H39NO2. The predicted octanol–water partition coefficient (Wildman–Crippen LogP) is 5.22. The van der Waals surface area contributed by atoms with Gasteiger partial charge in [0.15, 0.2) is 0 Å². The standard InChI is InChI=1S/C19H39NO2/c1-3-18(4-2)14-10-8-6-5-7-9-13-17-22-19(21)15-11-12-16-20/h18H,3-17,20H2,1-2H3. The van der Waals surface area contributed by atoms with Crippen LogP contribution in [0, 0.1) is 5.92 Å². The number of unbranched alkanes of at least 4 members (excludes halogenated alkanes) is 7. The minimum atomic E-state index is -0.0603. The average Bonchev–Trinajstić information content (AvgIpc) is 2.53. The summed E-state index contributed by atoms with van der Waals surface area (Å²) in [7, 11) is 0. The third kappa shape index (κ3) is 14.4. The fourth-order valence-electron chi connectivity index (χ4n) is 2.79. The van der Waals surface area contributed by atoms with Gasteiger partial charge in [-0.25, -0.2) is 0 Å². The first-order chi connectivity index (χ1) is 10.7. The molecular weight excluding hydrogens is 274 g/mol. The van der Waals surface area contributed by atoms with Crippen LogP contribution in [0.5, 0.6) is 0 Å². The van der Waals surface area contributed by atoms with Crippen molar-refractivity contribution in [3.8, 4) is 0 Å². The molecule has 0 rings (SSSR count). The van der Waals surface area contributed by atoms with Crippen molar-refractivity contribution in [2.75, 3.05) is 13.2 Å². The lowest BCUT2D eigenvalue weighted by Crippen LogP contribution is -2.07. The summed E-state index contributed by atoms with van der Waals surface area (Å²) in [6.07, 6.45) is 15.3. The highest BCUT2D eigenvalue weighted by Crippen LogP contribution is 2.17. The molecule has 0 aromatic heterocycles. The number of esters is 1. The van der Waals surface area contributed by atoms with Gasteiger partial charge in [-0.05, 0) is 31.7 Å². The molecule has 0 amide bonds. The molecule has 3 heteroatoms. The maximum Gasteiger partial charge on any atom is 0.305 e. The van der Waals surface area contributed by atoms with Crippen molar-refractivity contribution in [1.82, 2.24) is 0 Å². The van der Waals surface area contributed by atoms with Gasteiger partial charge >= 0.3 is 5.97 Å². The molecule has 0 bridgehead atoms. The minimum Gasteiger partial charge on any atom is -0.466 e. The molecule has 3 nitrogen and oxygen atoms in total. The van der Waals surface area contributed by atoms with Gasteiger partial charge in [-0.2, -0.15) is 0 Å². The Morgan fingerprint density at radius 3 is 2.05 bits per heavy atom. The number of hydrogen-bond acceptors (Lipinski definition) is 3. The molecule has 0 aliphatic rings. The van der Waals surface area contributed by atoms with Crippen LogP contribution in [-0.4, -0.2) is 19.1 Å². The predicted molar refractivity (Wildman–Crippen MR) is 94.9 cm³/mol. The van der Waals surface area contributed by atoms with Crippen molar-refractivity contribution >= 4 is 5.97 Å². The second-order valence-electron chi connectivity index (χ2n) is 6.41. The van der Waals surface area contributed by atoms with Gasteiger partial charge in [0.25, 0.3) is 0 Å². The molecule has 0 atom stereocenters. The average molecular weight is 314 g/mol. The van der Waals surface area contributed by atoms with E-state index in [1.54, 1.807) is 0 Å². The highest BCUT2D eigenvalue weighted by Gasteiger charge is 2.03. The lowest BCUT2D eigenvalue weighted by molar-refractivity contribution is -0.143. The highest BCUT2D eigenvalue weighted by molar-refractivity contribution is 5.69. The molecule has 2 N–H and O–H groups in total. The van der Waals surface area contributed by atoms with Crippen molar-refractivity contribution in [2.24, 2.45) is 11.7 Å². The number of carbonyl (C=O) groups excluding carboxylic acids is 1. The van der Waals surface area contributed by atoms with Crippen LogP contribution in [0.4, 0.5) is 0 Å². The lowest BCUT2D eigenvalue weighted by Gasteiger charge is -2.11. The minimum absolute atomic E-state index is 0.0603. The van der Waals surface area contributed by atoms with Crippen LogP contribution in [0.15, 0.2) is 0 Å². The van der Waals surface area contributed by atoms with Gasteiger partial charge in [-0.1, -0.05) is 71.6 Å². The number of hydrogen-bond donors (Lipinski definition) is 1. The number of carbonyl (C=O) groups is 1. The van der Waals surface area contributed by atoms with Crippen LogP contribution in [0.25, 0.3) is 0 Å². The Balaban J connectivity index is 3.18. The van der Waals surface area contributed by atoms with Gasteiger partial charge in [-0.3, -0.25) is 4.79 Å². The number of ether oxygens (including phenoxy) is 1. The maximum atomic E-state index is 11.4. The van der Waals surface area contributed by atoms with Crippen LogP contribution in [0.1, 0.15) is 97.3 Å². The van der Waals surface area contributed by atoms with E-state index in [9.17, 15) is 4.79 Å². The Kier molecular flexibility index (Phi) is 16.4.